The van der Waals surface area contributed by atoms with E-state index in [1.54, 1.807) is 0 Å². The average Bonchev–Trinajstić information content (AvgIpc) is 3.34. The van der Waals surface area contributed by atoms with Crippen molar-refractivity contribution in [1.29, 1.82) is 5.26 Å². The number of hydrogen-bond acceptors (Lipinski definition) is 9. The van der Waals surface area contributed by atoms with Gasteiger partial charge in [0, 0.05) is 48.9 Å². The molecule has 43 heavy (non-hydrogen) atoms. The van der Waals surface area contributed by atoms with Crippen LogP contribution in [-0.2, 0) is 17.8 Å². The molecule has 0 bridgehead atoms. The first kappa shape index (κ1) is 28.8. The molecule has 3 aliphatic heterocycles. The van der Waals surface area contributed by atoms with Gasteiger partial charge in [-0.1, -0.05) is 43.0 Å². The molecule has 4 heterocycles. The molecule has 10 nitrogen and oxygen atoms in total. The first-order chi connectivity index (χ1) is 20.8. The van der Waals surface area contributed by atoms with Crippen molar-refractivity contribution in [2.24, 2.45) is 0 Å². The third kappa shape index (κ3) is 5.60. The van der Waals surface area contributed by atoms with E-state index in [2.05, 4.69) is 41.8 Å². The minimum Gasteiger partial charge on any atom is -0.462 e. The SMILES string of the molecule is C=CC(=O)N1CCN(c2nc(OC[C@@H]3C[C@@H](F)CN3C)nc3c2CCN(c2cccc4ccccc24)C3)C[C@@]1(O)CC#N. The van der Waals surface area contributed by atoms with Crippen LogP contribution in [0.2, 0.25) is 0 Å². The molecular formula is C32H36FN7O3. The molecule has 2 saturated heterocycles. The predicted molar refractivity (Wildman–Crippen MR) is 161 cm³/mol. The zero-order chi connectivity index (χ0) is 30.1. The molecule has 1 aromatic heterocycles. The van der Waals surface area contributed by atoms with Crippen LogP contribution in [0.15, 0.2) is 55.1 Å². The van der Waals surface area contributed by atoms with Gasteiger partial charge < -0.3 is 24.5 Å². The fourth-order valence-electron chi connectivity index (χ4n) is 6.56. The summed E-state index contributed by atoms with van der Waals surface area (Å²) in [6.07, 6.45) is 1.06. The molecule has 0 saturated carbocycles. The molecule has 0 unspecified atom stereocenters. The van der Waals surface area contributed by atoms with Crippen LogP contribution in [0.1, 0.15) is 24.1 Å². The number of aromatic nitrogens is 2. The second kappa shape index (κ2) is 11.8. The summed E-state index contributed by atoms with van der Waals surface area (Å²) >= 11 is 0. The van der Waals surface area contributed by atoms with Gasteiger partial charge in [-0.15, -0.1) is 0 Å². The fourth-order valence-corrected chi connectivity index (χ4v) is 6.56. The third-order valence-electron chi connectivity index (χ3n) is 8.81. The Labute approximate surface area is 250 Å². The number of β-amino-alcohol motifs (C(OH)–C–C–N with tert-alkyl or cyclic N) is 1. The van der Waals surface area contributed by atoms with E-state index in [0.29, 0.717) is 38.3 Å². The normalized spacial score (nSPS) is 24.1. The number of halogens is 1. The number of likely N-dealkylation sites (N-methyl/N-ethyl adjacent to an activating group) is 1. The minimum atomic E-state index is -1.70. The molecule has 3 aromatic rings. The number of nitrogens with zero attached hydrogens (tertiary/aromatic N) is 7. The van der Waals surface area contributed by atoms with Crippen molar-refractivity contribution in [3.8, 4) is 12.1 Å². The number of ether oxygens (including phenoxy) is 1. The van der Waals surface area contributed by atoms with Gasteiger partial charge in [0.2, 0.25) is 5.91 Å². The standard InChI is InChI=1S/C32H36FN7O3/c1-3-29(41)40-16-15-39(21-32(40,42)12-13-34)30-26-11-14-38(28-10-6-8-22-7-4-5-9-25(22)28)19-27(26)35-31(36-30)43-20-24-17-23(33)18-37(24)2/h3-10,23-24,42H,1,11-12,14-21H2,2H3/t23-,24+,32+/m1/s1. The van der Waals surface area contributed by atoms with Gasteiger partial charge in [0.1, 0.15) is 18.6 Å². The van der Waals surface area contributed by atoms with Crippen molar-refractivity contribution in [3.63, 3.8) is 0 Å². The molecule has 1 N–H and O–H groups in total. The number of aliphatic hydroxyl groups is 1. The number of alkyl halides is 1. The van der Waals surface area contributed by atoms with Gasteiger partial charge in [-0.2, -0.15) is 15.2 Å². The maximum absolute atomic E-state index is 14.0. The molecule has 2 aromatic carbocycles. The number of carbonyl (C=O) groups is 1. The lowest BCUT2D eigenvalue weighted by molar-refractivity contribution is -0.155. The Morgan fingerprint density at radius 3 is 2.79 bits per heavy atom. The molecule has 3 atom stereocenters. The summed E-state index contributed by atoms with van der Waals surface area (Å²) in [7, 11) is 1.88. The summed E-state index contributed by atoms with van der Waals surface area (Å²) in [4.78, 5) is 29.7. The van der Waals surface area contributed by atoms with Gasteiger partial charge in [0.25, 0.3) is 0 Å². The number of amides is 1. The summed E-state index contributed by atoms with van der Waals surface area (Å²) in [5.41, 5.74) is 1.18. The van der Waals surface area contributed by atoms with Crippen LogP contribution < -0.4 is 14.5 Å². The molecule has 6 rings (SSSR count). The summed E-state index contributed by atoms with van der Waals surface area (Å²) in [6, 6.07) is 16.7. The Bertz CT molecular complexity index is 1570. The minimum absolute atomic E-state index is 0.00493. The van der Waals surface area contributed by atoms with Crippen molar-refractivity contribution >= 4 is 28.2 Å². The molecule has 3 aliphatic rings. The molecule has 2 fully saturated rings. The number of rotatable bonds is 7. The van der Waals surface area contributed by atoms with Crippen LogP contribution >= 0.6 is 0 Å². The molecule has 1 amide bonds. The first-order valence-corrected chi connectivity index (χ1v) is 14.7. The number of piperazine rings is 1. The summed E-state index contributed by atoms with van der Waals surface area (Å²) in [5.74, 6) is 0.200. The van der Waals surface area contributed by atoms with Crippen LogP contribution in [-0.4, -0.2) is 95.1 Å². The van der Waals surface area contributed by atoms with Gasteiger partial charge in [0.05, 0.1) is 31.3 Å². The van der Waals surface area contributed by atoms with Gasteiger partial charge in [-0.3, -0.25) is 9.69 Å². The molecule has 0 radical (unpaired) electrons. The number of nitriles is 1. The zero-order valence-corrected chi connectivity index (χ0v) is 24.3. The highest BCUT2D eigenvalue weighted by Gasteiger charge is 2.43. The highest BCUT2D eigenvalue weighted by Crippen LogP contribution is 2.36. The van der Waals surface area contributed by atoms with Crippen LogP contribution in [0.4, 0.5) is 15.9 Å². The number of anilines is 2. The van der Waals surface area contributed by atoms with E-state index in [-0.39, 0.29) is 38.2 Å². The second-order valence-corrected chi connectivity index (χ2v) is 11.6. The molecular weight excluding hydrogens is 549 g/mol. The summed E-state index contributed by atoms with van der Waals surface area (Å²) in [5, 5.41) is 23.3. The second-order valence-electron chi connectivity index (χ2n) is 11.6. The maximum atomic E-state index is 14.0. The molecule has 0 spiro atoms. The summed E-state index contributed by atoms with van der Waals surface area (Å²) < 4.78 is 20.2. The topological polar surface area (TPSA) is 109 Å². The smallest absolute Gasteiger partial charge is 0.318 e. The van der Waals surface area contributed by atoms with Gasteiger partial charge in [-0.25, -0.2) is 4.39 Å². The van der Waals surface area contributed by atoms with Gasteiger partial charge in [-0.05, 0) is 37.4 Å². The molecule has 0 aliphatic carbocycles. The van der Waals surface area contributed by atoms with E-state index in [4.69, 9.17) is 14.7 Å². The maximum Gasteiger partial charge on any atom is 0.318 e. The Morgan fingerprint density at radius 1 is 1.21 bits per heavy atom. The average molecular weight is 586 g/mol. The van der Waals surface area contributed by atoms with E-state index in [1.165, 1.54) is 4.90 Å². The van der Waals surface area contributed by atoms with E-state index < -0.39 is 17.8 Å². The van der Waals surface area contributed by atoms with Crippen LogP contribution in [0.3, 0.4) is 0 Å². The number of likely N-dealkylation sites (tertiary alicyclic amines) is 1. The number of carbonyl (C=O) groups excluding carboxylic acids is 1. The Kier molecular flexibility index (Phi) is 7.90. The highest BCUT2D eigenvalue weighted by atomic mass is 19.1. The lowest BCUT2D eigenvalue weighted by atomic mass is 10.00. The van der Waals surface area contributed by atoms with E-state index in [9.17, 15) is 19.6 Å². The van der Waals surface area contributed by atoms with E-state index in [0.717, 1.165) is 40.3 Å². The van der Waals surface area contributed by atoms with Crippen molar-refractivity contribution in [2.45, 2.75) is 43.7 Å². The Hall–Kier alpha value is -4.27. The van der Waals surface area contributed by atoms with Crippen molar-refractivity contribution in [3.05, 3.63) is 66.4 Å². The first-order valence-electron chi connectivity index (χ1n) is 14.7. The van der Waals surface area contributed by atoms with E-state index in [1.807, 2.05) is 35.0 Å². The van der Waals surface area contributed by atoms with Crippen LogP contribution in [0, 0.1) is 11.3 Å². The van der Waals surface area contributed by atoms with Crippen molar-refractivity contribution in [2.75, 3.05) is 56.2 Å². The Balaban J connectivity index is 1.34. The lowest BCUT2D eigenvalue weighted by Gasteiger charge is -2.47. The number of hydrogen-bond donors (Lipinski definition) is 1. The zero-order valence-electron chi connectivity index (χ0n) is 24.3. The summed E-state index contributed by atoms with van der Waals surface area (Å²) in [6.45, 7) is 6.05. The number of benzene rings is 2. The largest absolute Gasteiger partial charge is 0.462 e. The van der Waals surface area contributed by atoms with Crippen molar-refractivity contribution in [1.82, 2.24) is 19.8 Å². The molecule has 11 heteroatoms. The third-order valence-corrected chi connectivity index (χ3v) is 8.81. The lowest BCUT2D eigenvalue weighted by Crippen LogP contribution is -2.64. The number of fused-ring (bicyclic) bond motifs is 2. The van der Waals surface area contributed by atoms with Crippen LogP contribution in [0.25, 0.3) is 10.8 Å². The van der Waals surface area contributed by atoms with E-state index >= 15 is 0 Å². The van der Waals surface area contributed by atoms with Crippen LogP contribution in [0.5, 0.6) is 6.01 Å². The Morgan fingerprint density at radius 2 is 2.02 bits per heavy atom. The van der Waals surface area contributed by atoms with Crippen molar-refractivity contribution < 1.29 is 19.0 Å². The fraction of sp³-hybridized carbons (Fsp3) is 0.438. The molecule has 224 valence electrons. The highest BCUT2D eigenvalue weighted by molar-refractivity contribution is 5.94. The quantitative estimate of drug-likeness (QED) is 0.419. The van der Waals surface area contributed by atoms with Gasteiger partial charge in [0.15, 0.2) is 5.72 Å². The van der Waals surface area contributed by atoms with Gasteiger partial charge >= 0.3 is 6.01 Å². The predicted octanol–water partition coefficient (Wildman–Crippen LogP) is 3.05. The monoisotopic (exact) mass is 585 g/mol.